The van der Waals surface area contributed by atoms with E-state index in [1.54, 1.807) is 0 Å². The molecular formula is C12H24O. The zero-order chi connectivity index (χ0) is 9.84. The fourth-order valence-corrected chi connectivity index (χ4v) is 2.40. The molecular weight excluding hydrogens is 160 g/mol. The van der Waals surface area contributed by atoms with E-state index in [0.29, 0.717) is 5.92 Å². The van der Waals surface area contributed by atoms with Crippen LogP contribution in [0.4, 0.5) is 0 Å². The molecule has 0 radical (unpaired) electrons. The van der Waals surface area contributed by atoms with Gasteiger partial charge in [0.05, 0.1) is 6.10 Å². The third-order valence-corrected chi connectivity index (χ3v) is 3.88. The van der Waals surface area contributed by atoms with Gasteiger partial charge in [0.25, 0.3) is 0 Å². The molecule has 1 aliphatic carbocycles. The second-order valence-electron chi connectivity index (χ2n) is 4.86. The van der Waals surface area contributed by atoms with Gasteiger partial charge >= 0.3 is 0 Å². The molecule has 0 bridgehead atoms. The van der Waals surface area contributed by atoms with E-state index in [1.165, 1.54) is 25.7 Å². The zero-order valence-corrected chi connectivity index (χ0v) is 9.29. The van der Waals surface area contributed by atoms with Gasteiger partial charge in [0.1, 0.15) is 0 Å². The Kier molecular flexibility index (Phi) is 4.24. The normalized spacial score (nSPS) is 38.3. The highest BCUT2D eigenvalue weighted by atomic mass is 16.3. The van der Waals surface area contributed by atoms with Crippen LogP contribution in [0.1, 0.15) is 52.9 Å². The first-order valence-corrected chi connectivity index (χ1v) is 5.83. The van der Waals surface area contributed by atoms with Crippen LogP contribution in [0.2, 0.25) is 0 Å². The number of aliphatic hydroxyl groups excluding tert-OH is 1. The van der Waals surface area contributed by atoms with Crippen LogP contribution < -0.4 is 0 Å². The Hall–Kier alpha value is -0.0400. The van der Waals surface area contributed by atoms with E-state index in [9.17, 15) is 5.11 Å². The molecule has 1 saturated carbocycles. The smallest absolute Gasteiger partial charge is 0.0568 e. The molecule has 1 rings (SSSR count). The average molecular weight is 184 g/mol. The van der Waals surface area contributed by atoms with E-state index >= 15 is 0 Å². The first kappa shape index (κ1) is 11.0. The zero-order valence-electron chi connectivity index (χ0n) is 9.29. The molecule has 4 unspecified atom stereocenters. The molecule has 4 atom stereocenters. The summed E-state index contributed by atoms with van der Waals surface area (Å²) in [6, 6.07) is 0. The number of hydrogen-bond acceptors (Lipinski definition) is 1. The molecule has 0 saturated heterocycles. The molecule has 0 amide bonds. The Bertz CT molecular complexity index is 144. The van der Waals surface area contributed by atoms with Gasteiger partial charge < -0.3 is 5.11 Å². The summed E-state index contributed by atoms with van der Waals surface area (Å²) in [4.78, 5) is 0. The molecule has 0 aromatic heterocycles. The van der Waals surface area contributed by atoms with Crippen LogP contribution in [0.15, 0.2) is 0 Å². The van der Waals surface area contributed by atoms with E-state index in [4.69, 9.17) is 0 Å². The molecule has 1 N–H and O–H groups in total. The SMILES string of the molecule is CCC(C)C1CCCC(C)C(O)C1. The maximum absolute atomic E-state index is 9.87. The van der Waals surface area contributed by atoms with Crippen molar-refractivity contribution in [2.45, 2.75) is 59.0 Å². The third-order valence-electron chi connectivity index (χ3n) is 3.88. The maximum atomic E-state index is 9.87. The molecule has 1 nitrogen and oxygen atoms in total. The Morgan fingerprint density at radius 1 is 1.38 bits per heavy atom. The molecule has 0 heterocycles. The lowest BCUT2D eigenvalue weighted by Crippen LogP contribution is -2.21. The molecule has 78 valence electrons. The second-order valence-corrected chi connectivity index (χ2v) is 4.86. The van der Waals surface area contributed by atoms with Crippen molar-refractivity contribution >= 4 is 0 Å². The van der Waals surface area contributed by atoms with Crippen molar-refractivity contribution in [3.05, 3.63) is 0 Å². The van der Waals surface area contributed by atoms with Gasteiger partial charge in [0, 0.05) is 0 Å². The third kappa shape index (κ3) is 2.98. The maximum Gasteiger partial charge on any atom is 0.0568 e. The van der Waals surface area contributed by atoms with Crippen LogP contribution in [0, 0.1) is 17.8 Å². The van der Waals surface area contributed by atoms with Crippen molar-refractivity contribution in [3.8, 4) is 0 Å². The minimum Gasteiger partial charge on any atom is -0.393 e. The predicted molar refractivity (Wildman–Crippen MR) is 56.6 cm³/mol. The Morgan fingerprint density at radius 2 is 2.08 bits per heavy atom. The predicted octanol–water partition coefficient (Wildman–Crippen LogP) is 3.22. The number of rotatable bonds is 2. The van der Waals surface area contributed by atoms with Crippen LogP contribution in [-0.4, -0.2) is 11.2 Å². The summed E-state index contributed by atoms with van der Waals surface area (Å²) in [6.45, 7) is 6.77. The minimum absolute atomic E-state index is 0.0403. The van der Waals surface area contributed by atoms with Gasteiger partial charge in [-0.25, -0.2) is 0 Å². The van der Waals surface area contributed by atoms with E-state index < -0.39 is 0 Å². The molecule has 1 fully saturated rings. The van der Waals surface area contributed by atoms with Gasteiger partial charge in [-0.1, -0.05) is 40.0 Å². The van der Waals surface area contributed by atoms with E-state index in [1.807, 2.05) is 0 Å². The first-order valence-electron chi connectivity index (χ1n) is 5.83. The summed E-state index contributed by atoms with van der Waals surface area (Å²) in [5.41, 5.74) is 0. The van der Waals surface area contributed by atoms with Crippen LogP contribution in [0.25, 0.3) is 0 Å². The summed E-state index contributed by atoms with van der Waals surface area (Å²) in [5, 5.41) is 9.87. The van der Waals surface area contributed by atoms with Gasteiger partial charge in [-0.3, -0.25) is 0 Å². The lowest BCUT2D eigenvalue weighted by atomic mass is 9.85. The molecule has 0 aromatic carbocycles. The van der Waals surface area contributed by atoms with E-state index in [2.05, 4.69) is 20.8 Å². The Morgan fingerprint density at radius 3 is 2.69 bits per heavy atom. The number of hydrogen-bond donors (Lipinski definition) is 1. The minimum atomic E-state index is -0.0403. The van der Waals surface area contributed by atoms with Crippen molar-refractivity contribution in [1.29, 1.82) is 0 Å². The van der Waals surface area contributed by atoms with Crippen LogP contribution in [-0.2, 0) is 0 Å². The quantitative estimate of drug-likeness (QED) is 0.653. The van der Waals surface area contributed by atoms with Crippen molar-refractivity contribution in [2.75, 3.05) is 0 Å². The largest absolute Gasteiger partial charge is 0.393 e. The molecule has 0 aliphatic heterocycles. The summed E-state index contributed by atoms with van der Waals surface area (Å²) in [6.07, 6.45) is 6.11. The summed E-state index contributed by atoms with van der Waals surface area (Å²) >= 11 is 0. The van der Waals surface area contributed by atoms with Crippen molar-refractivity contribution < 1.29 is 5.11 Å². The Labute approximate surface area is 82.5 Å². The van der Waals surface area contributed by atoms with Gasteiger partial charge in [0.2, 0.25) is 0 Å². The highest BCUT2D eigenvalue weighted by Gasteiger charge is 2.26. The fraction of sp³-hybridized carbons (Fsp3) is 1.00. The van der Waals surface area contributed by atoms with Crippen LogP contribution in [0.5, 0.6) is 0 Å². The van der Waals surface area contributed by atoms with Crippen molar-refractivity contribution in [2.24, 2.45) is 17.8 Å². The molecule has 1 aliphatic rings. The van der Waals surface area contributed by atoms with E-state index in [-0.39, 0.29) is 6.10 Å². The molecule has 0 aromatic rings. The van der Waals surface area contributed by atoms with Gasteiger partial charge in [0.15, 0.2) is 0 Å². The lowest BCUT2D eigenvalue weighted by Gasteiger charge is -2.23. The average Bonchev–Trinajstić information content (AvgIpc) is 2.28. The highest BCUT2D eigenvalue weighted by molar-refractivity contribution is 4.77. The monoisotopic (exact) mass is 184 g/mol. The lowest BCUT2D eigenvalue weighted by molar-refractivity contribution is 0.0884. The summed E-state index contributed by atoms with van der Waals surface area (Å²) < 4.78 is 0. The van der Waals surface area contributed by atoms with E-state index in [0.717, 1.165) is 18.3 Å². The van der Waals surface area contributed by atoms with Gasteiger partial charge in [-0.2, -0.15) is 0 Å². The fourth-order valence-electron chi connectivity index (χ4n) is 2.40. The molecule has 13 heavy (non-hydrogen) atoms. The Balaban J connectivity index is 2.48. The molecule has 1 heteroatoms. The first-order chi connectivity index (χ1) is 6.15. The van der Waals surface area contributed by atoms with Gasteiger partial charge in [-0.15, -0.1) is 0 Å². The van der Waals surface area contributed by atoms with Crippen LogP contribution in [0.3, 0.4) is 0 Å². The standard InChI is InChI=1S/C12H24O/c1-4-9(2)11-7-5-6-10(3)12(13)8-11/h9-13H,4-8H2,1-3H3. The molecule has 0 spiro atoms. The number of aliphatic hydroxyl groups is 1. The highest BCUT2D eigenvalue weighted by Crippen LogP contribution is 2.32. The van der Waals surface area contributed by atoms with Crippen molar-refractivity contribution in [1.82, 2.24) is 0 Å². The second kappa shape index (κ2) is 4.99. The summed E-state index contributed by atoms with van der Waals surface area (Å²) in [5.74, 6) is 2.08. The van der Waals surface area contributed by atoms with Gasteiger partial charge in [-0.05, 0) is 30.6 Å². The summed E-state index contributed by atoms with van der Waals surface area (Å²) in [7, 11) is 0. The topological polar surface area (TPSA) is 20.2 Å². The van der Waals surface area contributed by atoms with Crippen molar-refractivity contribution in [3.63, 3.8) is 0 Å². The van der Waals surface area contributed by atoms with Crippen LogP contribution >= 0.6 is 0 Å².